The Balaban J connectivity index is 2.74. The third kappa shape index (κ3) is 4.71. The average Bonchev–Trinajstić information content (AvgIpc) is 2.34. The van der Waals surface area contributed by atoms with Crippen LogP contribution in [0.25, 0.3) is 0 Å². The van der Waals surface area contributed by atoms with Crippen molar-refractivity contribution in [3.8, 4) is 0 Å². The second kappa shape index (κ2) is 6.89. The highest BCUT2D eigenvalue weighted by molar-refractivity contribution is 6.33. The fourth-order valence-electron chi connectivity index (χ4n) is 1.51. The molecular weight excluding hydrogens is 268 g/mol. The van der Waals surface area contributed by atoms with E-state index in [0.717, 1.165) is 0 Å². The van der Waals surface area contributed by atoms with Gasteiger partial charge >= 0.3 is 0 Å². The van der Waals surface area contributed by atoms with Gasteiger partial charge in [0, 0.05) is 6.42 Å². The van der Waals surface area contributed by atoms with E-state index in [9.17, 15) is 14.4 Å². The second-order valence-corrected chi connectivity index (χ2v) is 4.56. The lowest BCUT2D eigenvalue weighted by atomic mass is 10.1. The Labute approximate surface area is 116 Å². The first-order chi connectivity index (χ1) is 8.91. The van der Waals surface area contributed by atoms with Crippen LogP contribution >= 0.6 is 11.6 Å². The number of ketones is 1. The molecule has 0 unspecified atom stereocenters. The van der Waals surface area contributed by atoms with Crippen LogP contribution in [0.3, 0.4) is 0 Å². The molecule has 0 bridgehead atoms. The fraction of sp³-hybridized carbons (Fsp3) is 0.308. The van der Waals surface area contributed by atoms with Crippen LogP contribution in [-0.4, -0.2) is 23.6 Å². The molecule has 2 amide bonds. The zero-order valence-electron chi connectivity index (χ0n) is 10.5. The monoisotopic (exact) mass is 282 g/mol. The summed E-state index contributed by atoms with van der Waals surface area (Å²) in [6, 6.07) is 5.59. The van der Waals surface area contributed by atoms with Gasteiger partial charge in [-0.05, 0) is 25.5 Å². The van der Waals surface area contributed by atoms with Crippen molar-refractivity contribution >= 4 is 29.2 Å². The minimum absolute atomic E-state index is 0.0711. The van der Waals surface area contributed by atoms with Gasteiger partial charge in [-0.3, -0.25) is 9.59 Å². The number of halogens is 1. The van der Waals surface area contributed by atoms with Gasteiger partial charge in [0.1, 0.15) is 11.8 Å². The summed E-state index contributed by atoms with van der Waals surface area (Å²) in [5.41, 5.74) is 5.45. The van der Waals surface area contributed by atoms with Crippen molar-refractivity contribution in [2.24, 2.45) is 5.73 Å². The number of rotatable bonds is 6. The summed E-state index contributed by atoms with van der Waals surface area (Å²) in [5.74, 6) is -1.24. The van der Waals surface area contributed by atoms with Crippen LogP contribution in [0.2, 0.25) is 5.02 Å². The number of hydrogen-bond donors (Lipinski definition) is 2. The Bertz CT molecular complexity index is 502. The Morgan fingerprint density at radius 1 is 1.32 bits per heavy atom. The van der Waals surface area contributed by atoms with E-state index in [4.69, 9.17) is 17.3 Å². The molecule has 3 N–H and O–H groups in total. The Morgan fingerprint density at radius 3 is 2.47 bits per heavy atom. The van der Waals surface area contributed by atoms with Crippen molar-refractivity contribution in [2.75, 3.05) is 0 Å². The summed E-state index contributed by atoms with van der Waals surface area (Å²) in [4.78, 5) is 34.1. The summed E-state index contributed by atoms with van der Waals surface area (Å²) in [6.07, 6.45) is 0.358. The first-order valence-corrected chi connectivity index (χ1v) is 6.13. The summed E-state index contributed by atoms with van der Waals surface area (Å²) in [7, 11) is 0. The normalized spacial score (nSPS) is 11.7. The van der Waals surface area contributed by atoms with Gasteiger partial charge in [0.2, 0.25) is 5.91 Å². The summed E-state index contributed by atoms with van der Waals surface area (Å²) < 4.78 is 0. The van der Waals surface area contributed by atoms with Crippen molar-refractivity contribution in [3.63, 3.8) is 0 Å². The molecule has 0 saturated heterocycles. The Hall–Kier alpha value is -1.88. The van der Waals surface area contributed by atoms with Crippen molar-refractivity contribution in [2.45, 2.75) is 25.8 Å². The standard InChI is InChI=1S/C13H15ClN2O3/c1-8(17)6-7-11(12(15)18)16-13(19)9-4-2-3-5-10(9)14/h2-5,11H,6-7H2,1H3,(H2,15,18)(H,16,19)/t11-/m0/s1. The van der Waals surface area contributed by atoms with E-state index >= 15 is 0 Å². The molecule has 0 aromatic heterocycles. The lowest BCUT2D eigenvalue weighted by molar-refractivity contribution is -0.120. The van der Waals surface area contributed by atoms with Gasteiger partial charge in [-0.25, -0.2) is 0 Å². The molecule has 0 spiro atoms. The van der Waals surface area contributed by atoms with Crippen molar-refractivity contribution in [1.82, 2.24) is 5.32 Å². The molecule has 1 aromatic rings. The average molecular weight is 283 g/mol. The van der Waals surface area contributed by atoms with E-state index in [1.165, 1.54) is 6.92 Å². The van der Waals surface area contributed by atoms with Gasteiger partial charge in [0.05, 0.1) is 10.6 Å². The maximum absolute atomic E-state index is 11.9. The van der Waals surface area contributed by atoms with Crippen LogP contribution in [0, 0.1) is 0 Å². The van der Waals surface area contributed by atoms with Crippen LogP contribution < -0.4 is 11.1 Å². The summed E-state index contributed by atoms with van der Waals surface area (Å²) >= 11 is 5.88. The van der Waals surface area contributed by atoms with Gasteiger partial charge in [0.25, 0.3) is 5.91 Å². The van der Waals surface area contributed by atoms with E-state index in [-0.39, 0.29) is 29.2 Å². The van der Waals surface area contributed by atoms with E-state index in [1.54, 1.807) is 24.3 Å². The molecule has 1 aromatic carbocycles. The number of hydrogen-bond acceptors (Lipinski definition) is 3. The fourth-order valence-corrected chi connectivity index (χ4v) is 1.74. The minimum atomic E-state index is -0.882. The number of primary amides is 1. The lowest BCUT2D eigenvalue weighted by Gasteiger charge is -2.15. The largest absolute Gasteiger partial charge is 0.368 e. The molecule has 0 heterocycles. The zero-order valence-corrected chi connectivity index (χ0v) is 11.2. The third-order valence-electron chi connectivity index (χ3n) is 2.55. The van der Waals surface area contributed by atoms with Crippen molar-refractivity contribution in [1.29, 1.82) is 0 Å². The molecule has 0 aliphatic rings. The number of carbonyl (C=O) groups is 3. The van der Waals surface area contributed by atoms with E-state index in [0.29, 0.717) is 0 Å². The number of amides is 2. The molecule has 102 valence electrons. The number of nitrogens with one attached hydrogen (secondary N) is 1. The highest BCUT2D eigenvalue weighted by atomic mass is 35.5. The van der Waals surface area contributed by atoms with Crippen molar-refractivity contribution < 1.29 is 14.4 Å². The maximum atomic E-state index is 11.9. The highest BCUT2D eigenvalue weighted by Crippen LogP contribution is 2.15. The van der Waals surface area contributed by atoms with Gasteiger partial charge < -0.3 is 15.8 Å². The zero-order chi connectivity index (χ0) is 14.4. The van der Waals surface area contributed by atoms with E-state index in [1.807, 2.05) is 0 Å². The van der Waals surface area contributed by atoms with Gasteiger partial charge in [0.15, 0.2) is 0 Å². The SMILES string of the molecule is CC(=O)CC[C@H](NC(=O)c1ccccc1Cl)C(N)=O. The van der Waals surface area contributed by atoms with E-state index in [2.05, 4.69) is 5.32 Å². The topological polar surface area (TPSA) is 89.3 Å². The number of carbonyl (C=O) groups excluding carboxylic acids is 3. The van der Waals surface area contributed by atoms with Crippen LogP contribution in [0.5, 0.6) is 0 Å². The van der Waals surface area contributed by atoms with Crippen LogP contribution in [0.1, 0.15) is 30.1 Å². The molecule has 1 atom stereocenters. The molecule has 0 aliphatic carbocycles. The summed E-state index contributed by atoms with van der Waals surface area (Å²) in [6.45, 7) is 1.41. The Morgan fingerprint density at radius 2 is 1.95 bits per heavy atom. The maximum Gasteiger partial charge on any atom is 0.253 e. The molecule has 0 radical (unpaired) electrons. The van der Waals surface area contributed by atoms with Crippen molar-refractivity contribution in [3.05, 3.63) is 34.9 Å². The first-order valence-electron chi connectivity index (χ1n) is 5.76. The molecule has 0 aliphatic heterocycles. The first kappa shape index (κ1) is 15.2. The quantitative estimate of drug-likeness (QED) is 0.824. The third-order valence-corrected chi connectivity index (χ3v) is 2.88. The lowest BCUT2D eigenvalue weighted by Crippen LogP contribution is -2.44. The van der Waals surface area contributed by atoms with Crippen LogP contribution in [0.4, 0.5) is 0 Å². The minimum Gasteiger partial charge on any atom is -0.368 e. The number of Topliss-reactive ketones (excluding diaryl/α,β-unsaturated/α-hetero) is 1. The number of nitrogens with two attached hydrogens (primary N) is 1. The summed E-state index contributed by atoms with van der Waals surface area (Å²) in [5, 5.41) is 2.77. The van der Waals surface area contributed by atoms with Crippen LogP contribution in [-0.2, 0) is 9.59 Å². The van der Waals surface area contributed by atoms with Gasteiger partial charge in [-0.15, -0.1) is 0 Å². The molecule has 0 saturated carbocycles. The van der Waals surface area contributed by atoms with Gasteiger partial charge in [-0.1, -0.05) is 23.7 Å². The molecule has 1 rings (SSSR count). The molecule has 19 heavy (non-hydrogen) atoms. The van der Waals surface area contributed by atoms with Crippen LogP contribution in [0.15, 0.2) is 24.3 Å². The predicted octanol–water partition coefficient (Wildman–Crippen LogP) is 1.29. The molecular formula is C13H15ClN2O3. The van der Waals surface area contributed by atoms with Gasteiger partial charge in [-0.2, -0.15) is 0 Å². The number of benzene rings is 1. The molecule has 5 nitrogen and oxygen atoms in total. The highest BCUT2D eigenvalue weighted by Gasteiger charge is 2.20. The Kier molecular flexibility index (Phi) is 5.51. The molecule has 0 fully saturated rings. The van der Waals surface area contributed by atoms with E-state index < -0.39 is 17.9 Å². The molecule has 6 heteroatoms. The smallest absolute Gasteiger partial charge is 0.253 e. The second-order valence-electron chi connectivity index (χ2n) is 4.15. The predicted molar refractivity (Wildman–Crippen MR) is 71.8 cm³/mol.